The van der Waals surface area contributed by atoms with E-state index in [1.807, 2.05) is 31.2 Å². The van der Waals surface area contributed by atoms with Crippen molar-refractivity contribution in [3.8, 4) is 5.75 Å². The van der Waals surface area contributed by atoms with E-state index < -0.39 is 17.7 Å². The predicted molar refractivity (Wildman–Crippen MR) is 132 cm³/mol. The number of carbonyl (C=O) groups is 2. The number of aromatic amines is 1. The first-order valence-corrected chi connectivity index (χ1v) is 11.2. The van der Waals surface area contributed by atoms with Crippen molar-refractivity contribution < 1.29 is 19.4 Å². The zero-order valence-corrected chi connectivity index (χ0v) is 19.0. The van der Waals surface area contributed by atoms with Gasteiger partial charge in [-0.1, -0.05) is 35.9 Å². The standard InChI is InChI=1S/C27H21ClN2O4/c1-2-34-19-7-5-6-18(14-19)30-24(21-15-29-22-9-4-3-8-20(21)22)23(26(32)27(30)33)25(31)16-10-12-17(28)13-11-16/h3-15,24,29,31H,2H2,1H3/b25-23+. The number of carbonyl (C=O) groups excluding carboxylic acids is 2. The Balaban J connectivity index is 1.75. The molecule has 2 heterocycles. The van der Waals surface area contributed by atoms with Crippen LogP contribution in [0.25, 0.3) is 16.7 Å². The largest absolute Gasteiger partial charge is 0.507 e. The van der Waals surface area contributed by atoms with E-state index in [4.69, 9.17) is 16.3 Å². The molecule has 2 N–H and O–H groups in total. The van der Waals surface area contributed by atoms with E-state index >= 15 is 0 Å². The summed E-state index contributed by atoms with van der Waals surface area (Å²) >= 11 is 6.00. The maximum Gasteiger partial charge on any atom is 0.300 e. The molecule has 4 aromatic rings. The SMILES string of the molecule is CCOc1cccc(N2C(=O)C(=O)/C(=C(/O)c3ccc(Cl)cc3)C2c2c[nH]c3ccccc23)c1. The van der Waals surface area contributed by atoms with Crippen LogP contribution in [0.4, 0.5) is 5.69 Å². The number of ether oxygens (including phenoxy) is 1. The first-order chi connectivity index (χ1) is 16.5. The predicted octanol–water partition coefficient (Wildman–Crippen LogP) is 5.85. The summed E-state index contributed by atoms with van der Waals surface area (Å²) in [4.78, 5) is 31.4. The molecule has 1 saturated heterocycles. The molecule has 0 radical (unpaired) electrons. The third-order valence-electron chi connectivity index (χ3n) is 5.88. The minimum atomic E-state index is -0.844. The molecule has 0 bridgehead atoms. The van der Waals surface area contributed by atoms with Gasteiger partial charge >= 0.3 is 0 Å². The van der Waals surface area contributed by atoms with Crippen LogP contribution in [0, 0.1) is 0 Å². The summed E-state index contributed by atoms with van der Waals surface area (Å²) in [6.07, 6.45) is 1.77. The van der Waals surface area contributed by atoms with Gasteiger partial charge in [0.25, 0.3) is 11.7 Å². The molecule has 0 saturated carbocycles. The molecular weight excluding hydrogens is 452 g/mol. The van der Waals surface area contributed by atoms with Gasteiger partial charge in [-0.3, -0.25) is 14.5 Å². The van der Waals surface area contributed by atoms with Gasteiger partial charge in [-0.2, -0.15) is 0 Å². The second-order valence-corrected chi connectivity index (χ2v) is 8.33. The van der Waals surface area contributed by atoms with Crippen molar-refractivity contribution in [2.75, 3.05) is 11.5 Å². The highest BCUT2D eigenvalue weighted by molar-refractivity contribution is 6.52. The van der Waals surface area contributed by atoms with Crippen molar-refractivity contribution in [2.45, 2.75) is 13.0 Å². The minimum Gasteiger partial charge on any atom is -0.507 e. The van der Waals surface area contributed by atoms with Gasteiger partial charge < -0.3 is 14.8 Å². The first kappa shape index (κ1) is 21.8. The summed E-state index contributed by atoms with van der Waals surface area (Å²) < 4.78 is 5.62. The number of rotatable bonds is 5. The molecule has 1 atom stereocenters. The van der Waals surface area contributed by atoms with Crippen LogP contribution in [0.5, 0.6) is 5.75 Å². The number of aliphatic hydroxyl groups excluding tert-OH is 1. The van der Waals surface area contributed by atoms with E-state index in [1.54, 1.807) is 54.7 Å². The number of hydrogen-bond acceptors (Lipinski definition) is 4. The number of fused-ring (bicyclic) bond motifs is 1. The molecule has 34 heavy (non-hydrogen) atoms. The van der Waals surface area contributed by atoms with Crippen molar-refractivity contribution in [1.82, 2.24) is 4.98 Å². The fraction of sp³-hybridized carbons (Fsp3) is 0.111. The lowest BCUT2D eigenvalue weighted by Gasteiger charge is -2.25. The van der Waals surface area contributed by atoms with Crippen LogP contribution in [0.2, 0.25) is 5.02 Å². The van der Waals surface area contributed by atoms with E-state index in [2.05, 4.69) is 4.98 Å². The van der Waals surface area contributed by atoms with Crippen LogP contribution in [0.3, 0.4) is 0 Å². The highest BCUT2D eigenvalue weighted by Crippen LogP contribution is 2.44. The summed E-state index contributed by atoms with van der Waals surface area (Å²) in [6, 6.07) is 20.3. The number of H-pyrrole nitrogens is 1. The summed E-state index contributed by atoms with van der Waals surface area (Å²) in [5.74, 6) is -1.16. The highest BCUT2D eigenvalue weighted by Gasteiger charge is 2.47. The number of anilines is 1. The Bertz CT molecular complexity index is 1440. The number of aromatic nitrogens is 1. The maximum atomic E-state index is 13.4. The van der Waals surface area contributed by atoms with Gasteiger partial charge in [0, 0.05) is 45.0 Å². The number of hydrogen-bond donors (Lipinski definition) is 2. The molecule has 1 amide bonds. The average Bonchev–Trinajstić information content (AvgIpc) is 3.38. The van der Waals surface area contributed by atoms with Gasteiger partial charge in [0.1, 0.15) is 11.5 Å². The average molecular weight is 473 g/mol. The van der Waals surface area contributed by atoms with Gasteiger partial charge in [-0.05, 0) is 49.4 Å². The second kappa shape index (κ2) is 8.72. The van der Waals surface area contributed by atoms with E-state index in [1.165, 1.54) is 4.90 Å². The number of ketones is 1. The van der Waals surface area contributed by atoms with Crippen LogP contribution in [0.1, 0.15) is 24.1 Å². The number of halogens is 1. The molecule has 6 nitrogen and oxygen atoms in total. The summed E-state index contributed by atoms with van der Waals surface area (Å²) in [5.41, 5.74) is 2.47. The Kier molecular flexibility index (Phi) is 5.59. The zero-order valence-electron chi connectivity index (χ0n) is 18.3. The van der Waals surface area contributed by atoms with E-state index in [0.29, 0.717) is 34.2 Å². The zero-order chi connectivity index (χ0) is 23.8. The molecule has 1 unspecified atom stereocenters. The van der Waals surface area contributed by atoms with Crippen LogP contribution in [-0.4, -0.2) is 28.4 Å². The lowest BCUT2D eigenvalue weighted by atomic mass is 9.94. The Morgan fingerprint density at radius 2 is 1.82 bits per heavy atom. The van der Waals surface area contributed by atoms with Gasteiger partial charge in [0.05, 0.1) is 18.2 Å². The maximum absolute atomic E-state index is 13.4. The minimum absolute atomic E-state index is 0.0129. The fourth-order valence-electron chi connectivity index (χ4n) is 4.37. The van der Waals surface area contributed by atoms with E-state index in [-0.39, 0.29) is 11.3 Å². The molecule has 3 aromatic carbocycles. The van der Waals surface area contributed by atoms with Gasteiger partial charge in [0.2, 0.25) is 0 Å². The number of nitrogens with one attached hydrogen (secondary N) is 1. The Morgan fingerprint density at radius 3 is 2.59 bits per heavy atom. The lowest BCUT2D eigenvalue weighted by Crippen LogP contribution is -2.29. The van der Waals surface area contributed by atoms with Crippen molar-refractivity contribution in [3.05, 3.63) is 101 Å². The van der Waals surface area contributed by atoms with Gasteiger partial charge in [0.15, 0.2) is 0 Å². The van der Waals surface area contributed by atoms with Crippen molar-refractivity contribution in [1.29, 1.82) is 0 Å². The number of Topliss-reactive ketones (excluding diaryl/α,β-unsaturated/α-hetero) is 1. The highest BCUT2D eigenvalue weighted by atomic mass is 35.5. The molecule has 7 heteroatoms. The second-order valence-electron chi connectivity index (χ2n) is 7.90. The third-order valence-corrected chi connectivity index (χ3v) is 6.14. The molecule has 1 fully saturated rings. The van der Waals surface area contributed by atoms with Crippen LogP contribution in [-0.2, 0) is 9.59 Å². The monoisotopic (exact) mass is 472 g/mol. The third kappa shape index (κ3) is 3.62. The number of aliphatic hydroxyl groups is 1. The molecule has 170 valence electrons. The van der Waals surface area contributed by atoms with E-state index in [0.717, 1.165) is 10.9 Å². The lowest BCUT2D eigenvalue weighted by molar-refractivity contribution is -0.132. The summed E-state index contributed by atoms with van der Waals surface area (Å²) in [7, 11) is 0. The van der Waals surface area contributed by atoms with E-state index in [9.17, 15) is 14.7 Å². The molecule has 1 aliphatic heterocycles. The van der Waals surface area contributed by atoms with Crippen molar-refractivity contribution in [3.63, 3.8) is 0 Å². The number of para-hydroxylation sites is 1. The summed E-state index contributed by atoms with van der Waals surface area (Å²) in [6.45, 7) is 2.33. The van der Waals surface area contributed by atoms with Gasteiger partial charge in [-0.25, -0.2) is 0 Å². The van der Waals surface area contributed by atoms with Crippen molar-refractivity contribution >= 4 is 45.6 Å². The van der Waals surface area contributed by atoms with Crippen LogP contribution < -0.4 is 9.64 Å². The quantitative estimate of drug-likeness (QED) is 0.217. The van der Waals surface area contributed by atoms with Crippen molar-refractivity contribution in [2.24, 2.45) is 0 Å². The summed E-state index contributed by atoms with van der Waals surface area (Å²) in [5, 5.41) is 12.6. The normalized spacial score (nSPS) is 17.5. The molecular formula is C27H21ClN2O4. The topological polar surface area (TPSA) is 82.6 Å². The molecule has 5 rings (SSSR count). The number of nitrogens with zero attached hydrogens (tertiary/aromatic N) is 1. The molecule has 0 spiro atoms. The molecule has 0 aliphatic carbocycles. The Labute approximate surface area is 201 Å². The van der Waals surface area contributed by atoms with Crippen LogP contribution >= 0.6 is 11.6 Å². The molecule has 1 aromatic heterocycles. The Hall–Kier alpha value is -4.03. The Morgan fingerprint density at radius 1 is 1.06 bits per heavy atom. The van der Waals surface area contributed by atoms with Crippen LogP contribution in [0.15, 0.2) is 84.6 Å². The smallest absolute Gasteiger partial charge is 0.300 e. The molecule has 1 aliphatic rings. The number of amides is 1. The fourth-order valence-corrected chi connectivity index (χ4v) is 4.49. The van der Waals surface area contributed by atoms with Gasteiger partial charge in [-0.15, -0.1) is 0 Å². The number of benzene rings is 3. The first-order valence-electron chi connectivity index (χ1n) is 10.9.